The second-order valence-corrected chi connectivity index (χ2v) is 9.09. The van der Waals surface area contributed by atoms with E-state index in [0.717, 1.165) is 4.90 Å². The number of carbonyl (C=O) groups is 4. The molecule has 0 aliphatic carbocycles. The third-order valence-electron chi connectivity index (χ3n) is 5.02. The number of nitrogens with zero attached hydrogens (tertiary/aromatic N) is 5. The molecular formula is C24H29N7O7. The number of nitrogens with one attached hydrogen (secondary N) is 2. The van der Waals surface area contributed by atoms with E-state index in [9.17, 15) is 24.3 Å². The highest BCUT2D eigenvalue weighted by Gasteiger charge is 2.21. The van der Waals surface area contributed by atoms with Crippen molar-refractivity contribution < 1.29 is 33.8 Å². The lowest BCUT2D eigenvalue weighted by atomic mass is 10.2. The number of ether oxygens (including phenoxy) is 2. The first kappa shape index (κ1) is 27.8. The van der Waals surface area contributed by atoms with E-state index in [2.05, 4.69) is 25.6 Å². The third kappa shape index (κ3) is 7.62. The van der Waals surface area contributed by atoms with E-state index in [1.165, 1.54) is 24.3 Å². The van der Waals surface area contributed by atoms with Gasteiger partial charge in [0.25, 0.3) is 5.91 Å². The van der Waals surface area contributed by atoms with Crippen LogP contribution < -0.4 is 15.4 Å². The fourth-order valence-corrected chi connectivity index (χ4v) is 3.32. The van der Waals surface area contributed by atoms with Crippen LogP contribution in [0.5, 0.6) is 5.75 Å². The summed E-state index contributed by atoms with van der Waals surface area (Å²) in [5.74, 6) is -1.43. The summed E-state index contributed by atoms with van der Waals surface area (Å²) in [5, 5.41) is 14.4. The van der Waals surface area contributed by atoms with Crippen molar-refractivity contribution in [3.63, 3.8) is 0 Å². The minimum absolute atomic E-state index is 0.0116. The molecule has 0 saturated heterocycles. The van der Waals surface area contributed by atoms with Crippen LogP contribution in [0.3, 0.4) is 0 Å². The Kier molecular flexibility index (Phi) is 8.78. The van der Waals surface area contributed by atoms with Crippen LogP contribution in [0, 0.1) is 0 Å². The van der Waals surface area contributed by atoms with Gasteiger partial charge in [-0.25, -0.2) is 19.7 Å². The highest BCUT2D eigenvalue weighted by Crippen LogP contribution is 2.19. The number of imidazole rings is 1. The Morgan fingerprint density at radius 2 is 1.79 bits per heavy atom. The van der Waals surface area contributed by atoms with Gasteiger partial charge in [-0.1, -0.05) is 0 Å². The summed E-state index contributed by atoms with van der Waals surface area (Å²) in [6.45, 7) is 4.21. The monoisotopic (exact) mass is 527 g/mol. The SMILES string of the molecule is COc1ccc(C(=O)Nc2ncnc3c2ncn3CC(=O)N(CCNC(=O)OC(C)(C)C)CC(=O)O)cc1. The van der Waals surface area contributed by atoms with Crippen molar-refractivity contribution in [2.75, 3.05) is 32.1 Å². The van der Waals surface area contributed by atoms with Crippen LogP contribution in [0.4, 0.5) is 10.6 Å². The summed E-state index contributed by atoms with van der Waals surface area (Å²) in [4.78, 5) is 62.3. The van der Waals surface area contributed by atoms with E-state index >= 15 is 0 Å². The molecule has 14 nitrogen and oxygen atoms in total. The molecular weight excluding hydrogens is 498 g/mol. The average Bonchev–Trinajstić information content (AvgIpc) is 3.25. The number of methoxy groups -OCH3 is 1. The fourth-order valence-electron chi connectivity index (χ4n) is 3.32. The van der Waals surface area contributed by atoms with E-state index in [1.807, 2.05) is 0 Å². The van der Waals surface area contributed by atoms with Crippen LogP contribution in [-0.4, -0.2) is 85.7 Å². The van der Waals surface area contributed by atoms with Gasteiger partial charge in [-0.05, 0) is 45.0 Å². The third-order valence-corrected chi connectivity index (χ3v) is 5.02. The van der Waals surface area contributed by atoms with Crippen LogP contribution >= 0.6 is 0 Å². The smallest absolute Gasteiger partial charge is 0.407 e. The van der Waals surface area contributed by atoms with E-state index in [-0.39, 0.29) is 36.6 Å². The lowest BCUT2D eigenvalue weighted by Gasteiger charge is -2.23. The Balaban J connectivity index is 1.69. The van der Waals surface area contributed by atoms with E-state index in [0.29, 0.717) is 11.3 Å². The zero-order valence-corrected chi connectivity index (χ0v) is 21.4. The highest BCUT2D eigenvalue weighted by molar-refractivity contribution is 6.06. The Hall–Kier alpha value is -4.75. The number of aliphatic carboxylic acids is 1. The summed E-state index contributed by atoms with van der Waals surface area (Å²) < 4.78 is 11.6. The second kappa shape index (κ2) is 12.0. The number of benzene rings is 1. The van der Waals surface area contributed by atoms with Crippen LogP contribution in [0.25, 0.3) is 11.2 Å². The Morgan fingerprint density at radius 1 is 1.08 bits per heavy atom. The molecule has 38 heavy (non-hydrogen) atoms. The molecule has 3 aromatic rings. The predicted molar refractivity (Wildman–Crippen MR) is 135 cm³/mol. The lowest BCUT2D eigenvalue weighted by Crippen LogP contribution is -2.43. The summed E-state index contributed by atoms with van der Waals surface area (Å²) in [6, 6.07) is 6.49. The molecule has 0 saturated carbocycles. The second-order valence-electron chi connectivity index (χ2n) is 9.09. The van der Waals surface area contributed by atoms with Gasteiger partial charge >= 0.3 is 12.1 Å². The van der Waals surface area contributed by atoms with Gasteiger partial charge in [0.1, 0.15) is 30.8 Å². The van der Waals surface area contributed by atoms with E-state index < -0.39 is 36.0 Å². The number of carboxylic acid groups (broad SMARTS) is 1. The van der Waals surface area contributed by atoms with Gasteiger partial charge in [0.2, 0.25) is 5.91 Å². The van der Waals surface area contributed by atoms with Crippen molar-refractivity contribution in [2.24, 2.45) is 0 Å². The zero-order chi connectivity index (χ0) is 27.9. The maximum absolute atomic E-state index is 12.9. The maximum Gasteiger partial charge on any atom is 0.407 e. The summed E-state index contributed by atoms with van der Waals surface area (Å²) in [7, 11) is 1.52. The molecule has 14 heteroatoms. The molecule has 0 aliphatic rings. The van der Waals surface area contributed by atoms with Crippen LogP contribution in [0.1, 0.15) is 31.1 Å². The molecule has 0 unspecified atom stereocenters. The Morgan fingerprint density at radius 3 is 2.42 bits per heavy atom. The molecule has 0 atom stereocenters. The first-order chi connectivity index (χ1) is 18.0. The normalized spacial score (nSPS) is 11.1. The number of aromatic nitrogens is 4. The Labute approximate surface area is 218 Å². The molecule has 0 aliphatic heterocycles. The molecule has 0 bridgehead atoms. The summed E-state index contributed by atoms with van der Waals surface area (Å²) in [6.07, 6.45) is 1.88. The Bertz CT molecular complexity index is 1320. The maximum atomic E-state index is 12.9. The van der Waals surface area contributed by atoms with Crippen molar-refractivity contribution >= 4 is 40.9 Å². The number of fused-ring (bicyclic) bond motifs is 1. The lowest BCUT2D eigenvalue weighted by molar-refractivity contribution is -0.144. The minimum Gasteiger partial charge on any atom is -0.497 e. The van der Waals surface area contributed by atoms with Gasteiger partial charge in [-0.2, -0.15) is 0 Å². The number of anilines is 1. The van der Waals surface area contributed by atoms with E-state index in [1.54, 1.807) is 45.0 Å². The zero-order valence-electron chi connectivity index (χ0n) is 21.4. The van der Waals surface area contributed by atoms with Gasteiger partial charge in [-0.3, -0.25) is 14.4 Å². The number of hydrogen-bond donors (Lipinski definition) is 3. The predicted octanol–water partition coefficient (Wildman–Crippen LogP) is 1.53. The molecule has 1 aromatic carbocycles. The standard InChI is InChI=1S/C24H29N7O7/c1-24(2,3)38-23(36)25-9-10-30(12-18(33)34)17(32)11-31-14-28-19-20(26-13-27-21(19)31)29-22(35)15-5-7-16(37-4)8-6-15/h5-8,13-14H,9-12H2,1-4H3,(H,25,36)(H,33,34)(H,26,27,29,35). The number of carbonyl (C=O) groups excluding carboxylic acids is 3. The summed E-state index contributed by atoms with van der Waals surface area (Å²) >= 11 is 0. The minimum atomic E-state index is -1.21. The number of carboxylic acids is 1. The first-order valence-corrected chi connectivity index (χ1v) is 11.5. The van der Waals surface area contributed by atoms with Gasteiger partial charge < -0.3 is 34.7 Å². The van der Waals surface area contributed by atoms with Crippen molar-refractivity contribution in [3.8, 4) is 5.75 Å². The molecule has 0 fully saturated rings. The molecule has 3 amide bonds. The van der Waals surface area contributed by atoms with E-state index in [4.69, 9.17) is 9.47 Å². The number of alkyl carbamates (subject to hydrolysis) is 1. The molecule has 0 spiro atoms. The largest absolute Gasteiger partial charge is 0.497 e. The molecule has 2 aromatic heterocycles. The average molecular weight is 528 g/mol. The molecule has 3 rings (SSSR count). The van der Waals surface area contributed by atoms with Crippen LogP contribution in [0.2, 0.25) is 0 Å². The quantitative estimate of drug-likeness (QED) is 0.350. The van der Waals surface area contributed by atoms with Crippen molar-refractivity contribution in [1.82, 2.24) is 29.7 Å². The van der Waals surface area contributed by atoms with Crippen molar-refractivity contribution in [3.05, 3.63) is 42.5 Å². The summed E-state index contributed by atoms with van der Waals surface area (Å²) in [5.41, 5.74) is 0.188. The van der Waals surface area contributed by atoms with Crippen LogP contribution in [-0.2, 0) is 20.9 Å². The number of hydrogen-bond acceptors (Lipinski definition) is 9. The van der Waals surface area contributed by atoms with Crippen molar-refractivity contribution in [1.29, 1.82) is 0 Å². The first-order valence-electron chi connectivity index (χ1n) is 11.5. The van der Waals surface area contributed by atoms with Gasteiger partial charge in [0, 0.05) is 18.7 Å². The molecule has 202 valence electrons. The number of rotatable bonds is 10. The topological polar surface area (TPSA) is 178 Å². The van der Waals surface area contributed by atoms with Gasteiger partial charge in [0.15, 0.2) is 17.0 Å². The van der Waals surface area contributed by atoms with Crippen LogP contribution in [0.15, 0.2) is 36.9 Å². The van der Waals surface area contributed by atoms with Crippen molar-refractivity contribution in [2.45, 2.75) is 32.9 Å². The highest BCUT2D eigenvalue weighted by atomic mass is 16.6. The fraction of sp³-hybridized carbons (Fsp3) is 0.375. The van der Waals surface area contributed by atoms with Gasteiger partial charge in [0.05, 0.1) is 13.4 Å². The molecule has 0 radical (unpaired) electrons. The molecule has 3 N–H and O–H groups in total. The molecule has 2 heterocycles. The number of amides is 3. The van der Waals surface area contributed by atoms with Gasteiger partial charge in [-0.15, -0.1) is 0 Å².